The first-order valence-electron chi connectivity index (χ1n) is 10.7. The molecule has 3 fully saturated rings. The van der Waals surface area contributed by atoms with Crippen molar-refractivity contribution in [3.8, 4) is 0 Å². The quantitative estimate of drug-likeness (QED) is 0.810. The maximum absolute atomic E-state index is 12.9. The minimum Gasteiger partial charge on any atom is -0.340 e. The van der Waals surface area contributed by atoms with E-state index in [0.717, 1.165) is 38.1 Å². The third kappa shape index (κ3) is 4.06. The molecule has 1 aliphatic carbocycles. The minimum atomic E-state index is -4.51. The van der Waals surface area contributed by atoms with Crippen molar-refractivity contribution in [2.45, 2.75) is 57.4 Å². The number of nitrogens with one attached hydrogen (secondary N) is 1. The lowest BCUT2D eigenvalue weighted by molar-refractivity contribution is -0.137. The van der Waals surface area contributed by atoms with Gasteiger partial charge in [-0.1, -0.05) is 6.07 Å². The van der Waals surface area contributed by atoms with Crippen LogP contribution in [0.3, 0.4) is 0 Å². The number of nitrogens with zero attached hydrogens (tertiary/aromatic N) is 2. The summed E-state index contributed by atoms with van der Waals surface area (Å²) in [5.41, 5.74) is -0.956. The summed E-state index contributed by atoms with van der Waals surface area (Å²) in [4.78, 5) is 29.7. The van der Waals surface area contributed by atoms with Gasteiger partial charge in [-0.3, -0.25) is 9.59 Å². The molecule has 0 spiro atoms. The van der Waals surface area contributed by atoms with Crippen LogP contribution in [0.4, 0.5) is 13.2 Å². The Bertz CT molecular complexity index is 812. The van der Waals surface area contributed by atoms with Gasteiger partial charge in [0.25, 0.3) is 5.91 Å². The highest BCUT2D eigenvalue weighted by Gasteiger charge is 2.46. The number of hydrogen-bond donors (Lipinski definition) is 1. The van der Waals surface area contributed by atoms with E-state index in [1.807, 2.05) is 4.90 Å². The summed E-state index contributed by atoms with van der Waals surface area (Å²) in [7, 11) is 0. The molecule has 2 saturated heterocycles. The number of alkyl halides is 3. The van der Waals surface area contributed by atoms with Crippen LogP contribution in [-0.4, -0.2) is 59.4 Å². The Kier molecular flexibility index (Phi) is 5.55. The highest BCUT2D eigenvalue weighted by atomic mass is 19.4. The molecule has 8 heteroatoms. The lowest BCUT2D eigenvalue weighted by Gasteiger charge is -2.27. The van der Waals surface area contributed by atoms with Crippen LogP contribution < -0.4 is 5.32 Å². The first kappa shape index (κ1) is 21.2. The Morgan fingerprint density at radius 2 is 1.83 bits per heavy atom. The zero-order chi connectivity index (χ0) is 21.6. The second kappa shape index (κ2) is 7.87. The molecule has 2 unspecified atom stereocenters. The summed E-state index contributed by atoms with van der Waals surface area (Å²) in [5, 5.41) is 2.64. The number of halogens is 3. The number of carbonyl (C=O) groups excluding carboxylic acids is 2. The summed E-state index contributed by atoms with van der Waals surface area (Å²) in [6.07, 6.45) is -2.03. The van der Waals surface area contributed by atoms with Gasteiger partial charge in [0.2, 0.25) is 5.91 Å². The van der Waals surface area contributed by atoms with Crippen LogP contribution >= 0.6 is 0 Å². The molecule has 30 heavy (non-hydrogen) atoms. The van der Waals surface area contributed by atoms with Gasteiger partial charge in [0.15, 0.2) is 0 Å². The molecule has 2 amide bonds. The molecule has 1 saturated carbocycles. The molecule has 1 aromatic carbocycles. The van der Waals surface area contributed by atoms with Crippen LogP contribution in [0, 0.1) is 11.8 Å². The van der Waals surface area contributed by atoms with Gasteiger partial charge >= 0.3 is 6.18 Å². The fraction of sp³-hybridized carbons (Fsp3) is 0.636. The van der Waals surface area contributed by atoms with E-state index < -0.39 is 23.7 Å². The molecule has 4 atom stereocenters. The van der Waals surface area contributed by atoms with Crippen LogP contribution in [0.5, 0.6) is 0 Å². The smallest absolute Gasteiger partial charge is 0.340 e. The Hall–Kier alpha value is -2.09. The monoisotopic (exact) mass is 423 g/mol. The molecule has 5 nitrogen and oxygen atoms in total. The van der Waals surface area contributed by atoms with Crippen molar-refractivity contribution >= 4 is 11.8 Å². The summed E-state index contributed by atoms with van der Waals surface area (Å²) in [6, 6.07) is 4.37. The topological polar surface area (TPSA) is 52.6 Å². The zero-order valence-corrected chi connectivity index (χ0v) is 17.3. The van der Waals surface area contributed by atoms with E-state index in [4.69, 9.17) is 0 Å². The lowest BCUT2D eigenvalue weighted by atomic mass is 10.0. The molecular weight excluding hydrogens is 395 g/mol. The molecule has 0 aromatic heterocycles. The Labute approximate surface area is 174 Å². The Morgan fingerprint density at radius 3 is 2.43 bits per heavy atom. The first-order valence-corrected chi connectivity index (χ1v) is 10.7. The standard InChI is InChI=1S/C22H28F3N3O2/c1-13(2)27-11-15-9-18(10-16(15)12-27)28-7-6-19(21(28)30)26-20(29)14-4-3-5-17(8-14)22(23,24)25/h3-5,8,13,15-16,18-19H,6-7,9-12H2,1-2H3,(H,26,29)/t15-,16+,18?,19?. The van der Waals surface area contributed by atoms with Crippen molar-refractivity contribution in [2.75, 3.05) is 19.6 Å². The normalized spacial score (nSPS) is 29.7. The maximum Gasteiger partial charge on any atom is 0.416 e. The number of benzene rings is 1. The van der Waals surface area contributed by atoms with E-state index in [-0.39, 0.29) is 17.5 Å². The summed E-state index contributed by atoms with van der Waals surface area (Å²) >= 11 is 0. The van der Waals surface area contributed by atoms with Gasteiger partial charge in [-0.15, -0.1) is 0 Å². The van der Waals surface area contributed by atoms with E-state index in [2.05, 4.69) is 24.1 Å². The molecular formula is C22H28F3N3O2. The zero-order valence-electron chi connectivity index (χ0n) is 17.3. The molecule has 0 radical (unpaired) electrons. The fourth-order valence-corrected chi connectivity index (χ4v) is 5.26. The van der Waals surface area contributed by atoms with E-state index in [1.54, 1.807) is 0 Å². The molecule has 1 N–H and O–H groups in total. The van der Waals surface area contributed by atoms with Crippen LogP contribution in [0.15, 0.2) is 24.3 Å². The summed E-state index contributed by atoms with van der Waals surface area (Å²) in [6.45, 7) is 7.16. The highest BCUT2D eigenvalue weighted by Crippen LogP contribution is 2.41. The van der Waals surface area contributed by atoms with Crippen LogP contribution in [0.2, 0.25) is 0 Å². The SMILES string of the molecule is CC(C)N1C[C@H]2CC(N3CCC(NC(=O)c4cccc(C(F)(F)F)c4)C3=O)C[C@H]2C1. The first-order chi connectivity index (χ1) is 14.1. The van der Waals surface area contributed by atoms with Crippen molar-refractivity contribution in [1.82, 2.24) is 15.1 Å². The maximum atomic E-state index is 12.9. The van der Waals surface area contributed by atoms with Gasteiger partial charge in [0, 0.05) is 37.3 Å². The largest absolute Gasteiger partial charge is 0.416 e. The third-order valence-corrected chi connectivity index (χ3v) is 6.92. The number of fused-ring (bicyclic) bond motifs is 1. The van der Waals surface area contributed by atoms with Gasteiger partial charge in [-0.25, -0.2) is 0 Å². The highest BCUT2D eigenvalue weighted by molar-refractivity contribution is 5.98. The second-order valence-corrected chi connectivity index (χ2v) is 9.12. The molecule has 0 bridgehead atoms. The number of rotatable bonds is 4. The van der Waals surface area contributed by atoms with Crippen LogP contribution in [-0.2, 0) is 11.0 Å². The van der Waals surface area contributed by atoms with E-state index in [0.29, 0.717) is 30.8 Å². The number of hydrogen-bond acceptors (Lipinski definition) is 3. The van der Waals surface area contributed by atoms with Gasteiger partial charge in [-0.2, -0.15) is 13.2 Å². The van der Waals surface area contributed by atoms with Gasteiger partial charge in [0.05, 0.1) is 5.56 Å². The molecule has 1 aromatic rings. The van der Waals surface area contributed by atoms with Crippen molar-refractivity contribution in [3.63, 3.8) is 0 Å². The minimum absolute atomic E-state index is 0.0831. The second-order valence-electron chi connectivity index (χ2n) is 9.12. The van der Waals surface area contributed by atoms with E-state index in [9.17, 15) is 22.8 Å². The van der Waals surface area contributed by atoms with E-state index >= 15 is 0 Å². The van der Waals surface area contributed by atoms with Gasteiger partial charge in [-0.05, 0) is 63.1 Å². The lowest BCUT2D eigenvalue weighted by Crippen LogP contribution is -2.44. The van der Waals surface area contributed by atoms with Crippen molar-refractivity contribution < 1.29 is 22.8 Å². The molecule has 3 aliphatic rings. The molecule has 2 aliphatic heterocycles. The Morgan fingerprint density at radius 1 is 1.17 bits per heavy atom. The van der Waals surface area contributed by atoms with E-state index in [1.165, 1.54) is 12.1 Å². The number of carbonyl (C=O) groups is 2. The third-order valence-electron chi connectivity index (χ3n) is 6.92. The predicted octanol–water partition coefficient (Wildman–Crippen LogP) is 3.15. The van der Waals surface area contributed by atoms with Crippen molar-refractivity contribution in [2.24, 2.45) is 11.8 Å². The summed E-state index contributed by atoms with van der Waals surface area (Å²) in [5.74, 6) is 0.478. The molecule has 164 valence electrons. The average Bonchev–Trinajstić information content (AvgIpc) is 3.35. The Balaban J connectivity index is 1.35. The van der Waals surface area contributed by atoms with Gasteiger partial charge < -0.3 is 15.1 Å². The van der Waals surface area contributed by atoms with Crippen molar-refractivity contribution in [3.05, 3.63) is 35.4 Å². The summed E-state index contributed by atoms with van der Waals surface area (Å²) < 4.78 is 38.7. The molecule has 2 heterocycles. The van der Waals surface area contributed by atoms with Gasteiger partial charge in [0.1, 0.15) is 6.04 Å². The predicted molar refractivity (Wildman–Crippen MR) is 106 cm³/mol. The fourth-order valence-electron chi connectivity index (χ4n) is 5.26. The van der Waals surface area contributed by atoms with Crippen molar-refractivity contribution in [1.29, 1.82) is 0 Å². The number of amides is 2. The molecule has 4 rings (SSSR count). The number of likely N-dealkylation sites (tertiary alicyclic amines) is 2. The van der Waals surface area contributed by atoms with Crippen LogP contribution in [0.1, 0.15) is 49.0 Å². The van der Waals surface area contributed by atoms with Crippen LogP contribution in [0.25, 0.3) is 0 Å². The average molecular weight is 423 g/mol.